The molecule has 0 radical (unpaired) electrons. The van der Waals surface area contributed by atoms with Gasteiger partial charge in [-0.1, -0.05) is 32.8 Å². The van der Waals surface area contributed by atoms with Crippen molar-refractivity contribution >= 4 is 21.7 Å². The van der Waals surface area contributed by atoms with Gasteiger partial charge in [-0.2, -0.15) is 9.82 Å². The van der Waals surface area contributed by atoms with Gasteiger partial charge in [0, 0.05) is 22.7 Å². The molecule has 0 bridgehead atoms. The van der Waals surface area contributed by atoms with Gasteiger partial charge in [-0.15, -0.1) is 6.42 Å². The molecule has 1 heterocycles. The van der Waals surface area contributed by atoms with Crippen molar-refractivity contribution in [2.24, 2.45) is 0 Å². The molecule has 0 saturated carbocycles. The summed E-state index contributed by atoms with van der Waals surface area (Å²) in [6, 6.07) is 7.43. The van der Waals surface area contributed by atoms with Crippen molar-refractivity contribution in [1.29, 1.82) is 0 Å². The standard InChI is InChI=1S/C17H20N4O3S/c1-5-9-18-25(23,24)13-8-6-7-12(10-13)16(22)19-15-11-14(20-21-15)17(2,3)4/h1,6-8,10-11,18H,9H2,2-4H3,(H2,19,20,21,22). The summed E-state index contributed by atoms with van der Waals surface area (Å²) in [5, 5.41) is 9.57. The van der Waals surface area contributed by atoms with Gasteiger partial charge >= 0.3 is 0 Å². The highest BCUT2D eigenvalue weighted by Gasteiger charge is 2.19. The summed E-state index contributed by atoms with van der Waals surface area (Å²) < 4.78 is 26.4. The van der Waals surface area contributed by atoms with Crippen LogP contribution < -0.4 is 10.0 Å². The third kappa shape index (κ3) is 4.68. The van der Waals surface area contributed by atoms with Crippen molar-refractivity contribution in [2.75, 3.05) is 11.9 Å². The van der Waals surface area contributed by atoms with Crippen molar-refractivity contribution in [1.82, 2.24) is 14.9 Å². The van der Waals surface area contributed by atoms with Crippen molar-refractivity contribution < 1.29 is 13.2 Å². The van der Waals surface area contributed by atoms with Gasteiger partial charge in [-0.05, 0) is 18.2 Å². The molecule has 1 amide bonds. The van der Waals surface area contributed by atoms with Crippen LogP contribution in [-0.4, -0.2) is 31.1 Å². The molecule has 0 aliphatic carbocycles. The fourth-order valence-corrected chi connectivity index (χ4v) is 2.96. The van der Waals surface area contributed by atoms with E-state index in [0.29, 0.717) is 5.82 Å². The van der Waals surface area contributed by atoms with Gasteiger partial charge in [0.15, 0.2) is 5.82 Å². The molecular formula is C17H20N4O3S. The molecule has 2 rings (SSSR count). The lowest BCUT2D eigenvalue weighted by atomic mass is 9.92. The first-order chi connectivity index (χ1) is 11.6. The zero-order valence-corrected chi connectivity index (χ0v) is 15.1. The first kappa shape index (κ1) is 18.7. The predicted octanol–water partition coefficient (Wildman–Crippen LogP) is 1.87. The number of sulfonamides is 1. The SMILES string of the molecule is C#CCNS(=O)(=O)c1cccc(C(=O)Nc2cc(C(C)(C)C)[nH]n2)c1. The van der Waals surface area contributed by atoms with Crippen LogP contribution in [0.3, 0.4) is 0 Å². The first-order valence-electron chi connectivity index (χ1n) is 7.54. The Kier molecular flexibility index (Phi) is 5.30. The van der Waals surface area contributed by atoms with E-state index in [1.54, 1.807) is 6.07 Å². The fourth-order valence-electron chi connectivity index (χ4n) is 1.98. The first-order valence-corrected chi connectivity index (χ1v) is 9.02. The number of carbonyl (C=O) groups is 1. The number of terminal acetylenes is 1. The number of amides is 1. The van der Waals surface area contributed by atoms with Crippen LogP contribution in [0.2, 0.25) is 0 Å². The second-order valence-corrected chi connectivity index (χ2v) is 8.19. The number of hydrogen-bond acceptors (Lipinski definition) is 4. The van der Waals surface area contributed by atoms with Crippen LogP contribution in [0.5, 0.6) is 0 Å². The summed E-state index contributed by atoms with van der Waals surface area (Å²) in [7, 11) is -3.76. The molecule has 0 spiro atoms. The molecule has 7 nitrogen and oxygen atoms in total. The van der Waals surface area contributed by atoms with Gasteiger partial charge < -0.3 is 5.32 Å². The minimum atomic E-state index is -3.76. The number of nitrogens with zero attached hydrogens (tertiary/aromatic N) is 1. The number of aromatic amines is 1. The van der Waals surface area contributed by atoms with Crippen molar-refractivity contribution in [3.63, 3.8) is 0 Å². The van der Waals surface area contributed by atoms with E-state index in [1.165, 1.54) is 24.3 Å². The highest BCUT2D eigenvalue weighted by molar-refractivity contribution is 7.89. The minimum Gasteiger partial charge on any atom is -0.305 e. The average molecular weight is 360 g/mol. The van der Waals surface area contributed by atoms with Crippen LogP contribution in [0.4, 0.5) is 5.82 Å². The maximum Gasteiger partial charge on any atom is 0.256 e. The van der Waals surface area contributed by atoms with Gasteiger partial charge in [-0.3, -0.25) is 9.89 Å². The third-order valence-electron chi connectivity index (χ3n) is 3.40. The van der Waals surface area contributed by atoms with E-state index in [0.717, 1.165) is 5.69 Å². The smallest absolute Gasteiger partial charge is 0.256 e. The molecule has 1 aromatic carbocycles. The van der Waals surface area contributed by atoms with Crippen LogP contribution >= 0.6 is 0 Å². The average Bonchev–Trinajstić information content (AvgIpc) is 3.02. The lowest BCUT2D eigenvalue weighted by Crippen LogP contribution is -2.24. The maximum atomic E-state index is 12.4. The Labute approximate surface area is 147 Å². The molecule has 0 aliphatic rings. The number of carbonyl (C=O) groups excluding carboxylic acids is 1. The fraction of sp³-hybridized carbons (Fsp3) is 0.294. The molecule has 3 N–H and O–H groups in total. The van der Waals surface area contributed by atoms with Gasteiger partial charge in [-0.25, -0.2) is 8.42 Å². The van der Waals surface area contributed by atoms with E-state index in [9.17, 15) is 13.2 Å². The molecular weight excluding hydrogens is 340 g/mol. The molecule has 0 saturated heterocycles. The number of aromatic nitrogens is 2. The monoisotopic (exact) mass is 360 g/mol. The number of anilines is 1. The Bertz CT molecular complexity index is 918. The zero-order valence-electron chi connectivity index (χ0n) is 14.3. The molecule has 0 unspecified atom stereocenters. The number of rotatable bonds is 5. The van der Waals surface area contributed by atoms with E-state index in [2.05, 4.69) is 26.2 Å². The molecule has 1 aromatic heterocycles. The Morgan fingerprint density at radius 1 is 1.32 bits per heavy atom. The number of benzene rings is 1. The zero-order chi connectivity index (χ0) is 18.7. The molecule has 25 heavy (non-hydrogen) atoms. The van der Waals surface area contributed by atoms with Crippen molar-refractivity contribution in [2.45, 2.75) is 31.1 Å². The molecule has 2 aromatic rings. The summed E-state index contributed by atoms with van der Waals surface area (Å²) in [5.74, 6) is 2.11. The summed E-state index contributed by atoms with van der Waals surface area (Å²) >= 11 is 0. The van der Waals surface area contributed by atoms with E-state index in [1.807, 2.05) is 20.8 Å². The van der Waals surface area contributed by atoms with Crippen LogP contribution in [0.15, 0.2) is 35.2 Å². The topological polar surface area (TPSA) is 104 Å². The molecule has 8 heteroatoms. The van der Waals surface area contributed by atoms with Gasteiger partial charge in [0.1, 0.15) is 0 Å². The Morgan fingerprint density at radius 3 is 2.64 bits per heavy atom. The van der Waals surface area contributed by atoms with E-state index in [4.69, 9.17) is 6.42 Å². The Morgan fingerprint density at radius 2 is 2.04 bits per heavy atom. The predicted molar refractivity (Wildman–Crippen MR) is 95.7 cm³/mol. The molecule has 0 aliphatic heterocycles. The highest BCUT2D eigenvalue weighted by atomic mass is 32.2. The maximum absolute atomic E-state index is 12.4. The summed E-state index contributed by atoms with van der Waals surface area (Å²) in [6.07, 6.45) is 5.06. The largest absolute Gasteiger partial charge is 0.305 e. The van der Waals surface area contributed by atoms with Gasteiger partial charge in [0.25, 0.3) is 5.91 Å². The molecule has 0 atom stereocenters. The quantitative estimate of drug-likeness (QED) is 0.708. The summed E-state index contributed by atoms with van der Waals surface area (Å²) in [5.41, 5.74) is 0.939. The third-order valence-corrected chi connectivity index (χ3v) is 4.80. The second-order valence-electron chi connectivity index (χ2n) is 6.43. The lowest BCUT2D eigenvalue weighted by Gasteiger charge is -2.14. The van der Waals surface area contributed by atoms with Gasteiger partial charge in [0.2, 0.25) is 10.0 Å². The van der Waals surface area contributed by atoms with E-state index >= 15 is 0 Å². The summed E-state index contributed by atoms with van der Waals surface area (Å²) in [4.78, 5) is 12.3. The lowest BCUT2D eigenvalue weighted by molar-refractivity contribution is 0.102. The second kappa shape index (κ2) is 7.09. The van der Waals surface area contributed by atoms with Gasteiger partial charge in [0.05, 0.1) is 11.4 Å². The number of hydrogen-bond donors (Lipinski definition) is 3. The normalized spacial score (nSPS) is 11.8. The van der Waals surface area contributed by atoms with Crippen molar-refractivity contribution in [3.05, 3.63) is 41.6 Å². The molecule has 132 valence electrons. The van der Waals surface area contributed by atoms with Crippen LogP contribution in [0.25, 0.3) is 0 Å². The van der Waals surface area contributed by atoms with Crippen LogP contribution in [-0.2, 0) is 15.4 Å². The Balaban J connectivity index is 2.19. The van der Waals surface area contributed by atoms with Crippen LogP contribution in [0.1, 0.15) is 36.8 Å². The highest BCUT2D eigenvalue weighted by Crippen LogP contribution is 2.22. The van der Waals surface area contributed by atoms with Crippen molar-refractivity contribution in [3.8, 4) is 12.3 Å². The minimum absolute atomic E-state index is 0.0344. The number of nitrogens with one attached hydrogen (secondary N) is 3. The van der Waals surface area contributed by atoms with E-state index in [-0.39, 0.29) is 22.4 Å². The number of H-pyrrole nitrogens is 1. The molecule has 0 fully saturated rings. The Hall–Kier alpha value is -2.63. The van der Waals surface area contributed by atoms with Crippen LogP contribution in [0, 0.1) is 12.3 Å². The summed E-state index contributed by atoms with van der Waals surface area (Å²) in [6.45, 7) is 5.93. The van der Waals surface area contributed by atoms with E-state index < -0.39 is 15.9 Å².